The number of rotatable bonds is 12. The minimum Gasteiger partial charge on any atom is -0.508 e. The highest BCUT2D eigenvalue weighted by atomic mass is 32.2. The molecule has 5 aromatic rings. The fraction of sp³-hybridized carbons (Fsp3) is 0.209. The molecule has 282 valence electrons. The molecule has 1 unspecified atom stereocenters. The van der Waals surface area contributed by atoms with Gasteiger partial charge in [0.2, 0.25) is 5.91 Å². The molecule has 0 bridgehead atoms. The number of methoxy groups -OCH3 is 2. The molecule has 1 heterocycles. The van der Waals surface area contributed by atoms with E-state index >= 15 is 0 Å². The molecule has 1 aliphatic carbocycles. The monoisotopic (exact) mass is 775 g/mol. The van der Waals surface area contributed by atoms with Gasteiger partial charge in [-0.25, -0.2) is 4.79 Å². The summed E-state index contributed by atoms with van der Waals surface area (Å²) >= 11 is 2.75. The Morgan fingerprint density at radius 1 is 0.818 bits per heavy atom. The van der Waals surface area contributed by atoms with E-state index in [9.17, 15) is 24.3 Å². The van der Waals surface area contributed by atoms with Crippen LogP contribution in [0.25, 0.3) is 6.08 Å². The zero-order valence-corrected chi connectivity index (χ0v) is 32.1. The number of aromatic hydroxyl groups is 1. The third kappa shape index (κ3) is 9.83. The molecule has 0 saturated carbocycles. The number of hydrogen-bond donors (Lipinski definition) is 4. The number of aryl methyl sites for hydroxylation is 1. The summed E-state index contributed by atoms with van der Waals surface area (Å²) in [6.45, 7) is 0. The first-order valence-electron chi connectivity index (χ1n) is 17.9. The molecule has 3 amide bonds. The normalized spacial score (nSPS) is 13.3. The summed E-state index contributed by atoms with van der Waals surface area (Å²) in [7, 11) is 2.80. The molecular formula is C43H41N3O7S2. The van der Waals surface area contributed by atoms with Crippen molar-refractivity contribution in [3.05, 3.63) is 142 Å². The first-order valence-corrected chi connectivity index (χ1v) is 19.6. The largest absolute Gasteiger partial charge is 0.508 e. The van der Waals surface area contributed by atoms with Crippen LogP contribution in [0.3, 0.4) is 0 Å². The molecule has 55 heavy (non-hydrogen) atoms. The number of amides is 3. The van der Waals surface area contributed by atoms with E-state index in [1.54, 1.807) is 54.6 Å². The van der Waals surface area contributed by atoms with Crippen LogP contribution in [-0.4, -0.2) is 43.0 Å². The van der Waals surface area contributed by atoms with Crippen molar-refractivity contribution in [1.29, 1.82) is 0 Å². The lowest BCUT2D eigenvalue weighted by Gasteiger charge is -2.18. The number of ether oxygens (including phenoxy) is 2. The quantitative estimate of drug-likeness (QED) is 0.0560. The van der Waals surface area contributed by atoms with Gasteiger partial charge >= 0.3 is 5.97 Å². The van der Waals surface area contributed by atoms with Crippen LogP contribution in [0.5, 0.6) is 11.5 Å². The number of thioether (sulfide) groups is 1. The summed E-state index contributed by atoms with van der Waals surface area (Å²) in [5.74, 6) is -1.58. The van der Waals surface area contributed by atoms with E-state index in [4.69, 9.17) is 9.47 Å². The lowest BCUT2D eigenvalue weighted by Crippen LogP contribution is -2.30. The van der Waals surface area contributed by atoms with Gasteiger partial charge in [-0.2, -0.15) is 0 Å². The highest BCUT2D eigenvalue weighted by Gasteiger charge is 2.29. The van der Waals surface area contributed by atoms with Crippen molar-refractivity contribution in [2.45, 2.75) is 48.7 Å². The van der Waals surface area contributed by atoms with E-state index in [-0.39, 0.29) is 17.4 Å². The Morgan fingerprint density at radius 3 is 2.27 bits per heavy atom. The van der Waals surface area contributed by atoms with Crippen LogP contribution in [0.2, 0.25) is 0 Å². The first kappa shape index (κ1) is 38.9. The number of carbonyl (C=O) groups excluding carboxylic acids is 4. The van der Waals surface area contributed by atoms with E-state index in [0.717, 1.165) is 54.5 Å². The van der Waals surface area contributed by atoms with Gasteiger partial charge in [0, 0.05) is 32.7 Å². The Balaban J connectivity index is 1.27. The van der Waals surface area contributed by atoms with Crippen LogP contribution in [-0.2, 0) is 27.2 Å². The molecule has 6 rings (SSSR count). The Morgan fingerprint density at radius 2 is 1.55 bits per heavy atom. The van der Waals surface area contributed by atoms with Crippen LogP contribution in [0.4, 0.5) is 10.7 Å². The Hall–Kier alpha value is -5.85. The molecule has 0 spiro atoms. The molecule has 12 heteroatoms. The summed E-state index contributed by atoms with van der Waals surface area (Å²) < 4.78 is 10.6. The van der Waals surface area contributed by atoms with Crippen LogP contribution < -0.4 is 20.7 Å². The molecule has 0 radical (unpaired) electrons. The molecule has 10 nitrogen and oxygen atoms in total. The first-order chi connectivity index (χ1) is 26.7. The van der Waals surface area contributed by atoms with Gasteiger partial charge in [0.15, 0.2) is 0 Å². The molecule has 1 aromatic heterocycles. The molecule has 1 aliphatic rings. The Kier molecular flexibility index (Phi) is 13.0. The summed E-state index contributed by atoms with van der Waals surface area (Å²) in [4.78, 5) is 56.2. The van der Waals surface area contributed by atoms with Gasteiger partial charge in [0.25, 0.3) is 11.8 Å². The van der Waals surface area contributed by atoms with E-state index in [1.807, 2.05) is 36.4 Å². The van der Waals surface area contributed by atoms with Gasteiger partial charge in [-0.1, -0.05) is 67.4 Å². The summed E-state index contributed by atoms with van der Waals surface area (Å²) in [5, 5.41) is 18.4. The smallest absolute Gasteiger partial charge is 0.341 e. The standard InChI is InChI=1S/C43H41N3O7S2/c1-52-35-26-31(47)23-22-29(35)24-34(45-39(48)28-16-9-6-10-17-28)40(49)44-30-18-13-19-32(25-30)54-38(27-14-7-5-8-15-27)41(50)46-42-37(43(51)53-2)33-20-11-3-4-12-21-36(33)55-42/h5-10,13-19,22-26,38,47H,3-4,11-12,20-21H2,1-2H3,(H,44,49)(H,45,48)(H,46,50)/b34-24+. The number of nitrogens with one attached hydrogen (secondary N) is 3. The highest BCUT2D eigenvalue weighted by Crippen LogP contribution is 2.41. The maximum Gasteiger partial charge on any atom is 0.341 e. The summed E-state index contributed by atoms with van der Waals surface area (Å²) in [6, 6.07) is 29.4. The van der Waals surface area contributed by atoms with E-state index in [2.05, 4.69) is 16.0 Å². The number of carbonyl (C=O) groups is 4. The van der Waals surface area contributed by atoms with Gasteiger partial charge in [-0.3, -0.25) is 14.4 Å². The highest BCUT2D eigenvalue weighted by molar-refractivity contribution is 8.00. The molecular weight excluding hydrogens is 735 g/mol. The van der Waals surface area contributed by atoms with Crippen molar-refractivity contribution in [3.8, 4) is 11.5 Å². The SMILES string of the molecule is COC(=O)c1c(NC(=O)C(Sc2cccc(NC(=O)/C(=C\c3ccc(O)cc3OC)NC(=O)c3ccccc3)c2)c2ccccc2)sc2c1CCCCCC2. The summed E-state index contributed by atoms with van der Waals surface area (Å²) in [5.41, 5.74) is 3.33. The van der Waals surface area contributed by atoms with Crippen LogP contribution in [0.1, 0.15) is 73.2 Å². The predicted molar refractivity (Wildman–Crippen MR) is 217 cm³/mol. The number of hydrogen-bond acceptors (Lipinski definition) is 9. The molecule has 0 fully saturated rings. The van der Waals surface area contributed by atoms with Crippen LogP contribution in [0.15, 0.2) is 114 Å². The van der Waals surface area contributed by atoms with Crippen molar-refractivity contribution in [2.24, 2.45) is 0 Å². The molecule has 4 aromatic carbocycles. The number of benzene rings is 4. The van der Waals surface area contributed by atoms with Gasteiger partial charge in [-0.05, 0) is 85.4 Å². The average Bonchev–Trinajstić information content (AvgIpc) is 3.52. The second kappa shape index (κ2) is 18.5. The third-order valence-corrected chi connectivity index (χ3v) is 11.5. The number of fused-ring (bicyclic) bond motifs is 1. The minimum absolute atomic E-state index is 0.0191. The zero-order valence-electron chi connectivity index (χ0n) is 30.4. The third-order valence-electron chi connectivity index (χ3n) is 9.03. The molecule has 0 aliphatic heterocycles. The van der Waals surface area contributed by atoms with E-state index in [0.29, 0.717) is 38.0 Å². The molecule has 4 N–H and O–H groups in total. The summed E-state index contributed by atoms with van der Waals surface area (Å²) in [6.07, 6.45) is 7.30. The van der Waals surface area contributed by atoms with Crippen molar-refractivity contribution in [3.63, 3.8) is 0 Å². The van der Waals surface area contributed by atoms with Gasteiger partial charge in [0.05, 0.1) is 19.8 Å². The van der Waals surface area contributed by atoms with Crippen molar-refractivity contribution >= 4 is 63.6 Å². The Bertz CT molecular complexity index is 2200. The lowest BCUT2D eigenvalue weighted by atomic mass is 9.96. The second-order valence-corrected chi connectivity index (χ2v) is 15.1. The second-order valence-electron chi connectivity index (χ2n) is 12.8. The fourth-order valence-electron chi connectivity index (χ4n) is 6.30. The van der Waals surface area contributed by atoms with Gasteiger partial charge in [0.1, 0.15) is 27.4 Å². The maximum absolute atomic E-state index is 14.2. The number of phenolic OH excluding ortho intramolecular Hbond substituents is 1. The topological polar surface area (TPSA) is 143 Å². The molecule has 0 saturated heterocycles. The predicted octanol–water partition coefficient (Wildman–Crippen LogP) is 8.79. The minimum atomic E-state index is -0.718. The van der Waals surface area contributed by atoms with Crippen molar-refractivity contribution < 1.29 is 33.8 Å². The van der Waals surface area contributed by atoms with E-state index in [1.165, 1.54) is 55.5 Å². The number of phenols is 1. The van der Waals surface area contributed by atoms with Gasteiger partial charge < -0.3 is 30.5 Å². The van der Waals surface area contributed by atoms with Crippen molar-refractivity contribution in [2.75, 3.05) is 24.9 Å². The number of anilines is 2. The molecule has 1 atom stereocenters. The van der Waals surface area contributed by atoms with E-state index < -0.39 is 23.0 Å². The average molecular weight is 776 g/mol. The lowest BCUT2D eigenvalue weighted by molar-refractivity contribution is -0.116. The Labute approximate surface area is 328 Å². The van der Waals surface area contributed by atoms with Crippen LogP contribution in [0, 0.1) is 0 Å². The van der Waals surface area contributed by atoms with Crippen LogP contribution >= 0.6 is 23.1 Å². The number of esters is 1. The van der Waals surface area contributed by atoms with Gasteiger partial charge in [-0.15, -0.1) is 23.1 Å². The fourth-order valence-corrected chi connectivity index (χ4v) is 8.67. The number of thiophene rings is 1. The maximum atomic E-state index is 14.2. The zero-order chi connectivity index (χ0) is 38.7. The van der Waals surface area contributed by atoms with Crippen molar-refractivity contribution in [1.82, 2.24) is 5.32 Å².